The van der Waals surface area contributed by atoms with Gasteiger partial charge in [0.1, 0.15) is 12.1 Å². The van der Waals surface area contributed by atoms with Crippen molar-refractivity contribution in [2.75, 3.05) is 5.75 Å². The highest BCUT2D eigenvalue weighted by Gasteiger charge is 2.46. The van der Waals surface area contributed by atoms with Crippen LogP contribution in [0.25, 0.3) is 15.3 Å². The van der Waals surface area contributed by atoms with Gasteiger partial charge in [0.25, 0.3) is 0 Å². The van der Waals surface area contributed by atoms with E-state index in [0.29, 0.717) is 6.04 Å². The number of pyridine rings is 1. The first-order valence-corrected chi connectivity index (χ1v) is 12.1. The van der Waals surface area contributed by atoms with E-state index in [1.807, 2.05) is 30.1 Å². The Morgan fingerprint density at radius 3 is 2.80 bits per heavy atom. The Kier molecular flexibility index (Phi) is 4.39. The topological polar surface area (TPSA) is 46.3 Å². The van der Waals surface area contributed by atoms with Crippen molar-refractivity contribution in [1.29, 1.82) is 0 Å². The Labute approximate surface area is 183 Å². The van der Waals surface area contributed by atoms with Crippen LogP contribution in [0.5, 0.6) is 0 Å². The molecule has 0 N–H and O–H groups in total. The van der Waals surface area contributed by atoms with Gasteiger partial charge in [0, 0.05) is 24.2 Å². The van der Waals surface area contributed by atoms with Crippen LogP contribution in [0.15, 0.2) is 72.0 Å². The van der Waals surface area contributed by atoms with Gasteiger partial charge in [-0.1, -0.05) is 48.2 Å². The van der Waals surface area contributed by atoms with E-state index >= 15 is 0 Å². The molecule has 2 aliphatic heterocycles. The van der Waals surface area contributed by atoms with Gasteiger partial charge < -0.3 is 4.90 Å². The highest BCUT2D eigenvalue weighted by molar-refractivity contribution is 8.14. The number of hydrogen-bond donors (Lipinski definition) is 0. The van der Waals surface area contributed by atoms with E-state index in [-0.39, 0.29) is 12.1 Å². The van der Waals surface area contributed by atoms with Crippen LogP contribution in [0.4, 0.5) is 0 Å². The van der Waals surface area contributed by atoms with Crippen LogP contribution < -0.4 is 0 Å². The van der Waals surface area contributed by atoms with Gasteiger partial charge in [-0.25, -0.2) is 4.98 Å². The lowest BCUT2D eigenvalue weighted by Crippen LogP contribution is -2.36. The standard InChI is InChI=1S/C23H21N5S2/c1-2-15-14-29-23-26-20(17-9-5-6-12-24-17)21(28(15)23)18-10-7-13-27(18)22-25-16-8-3-4-11-19(16)30-22/h3-13,15,20-21H,2,14H2,1H3/t15-,20+,21+/m0/s1. The quantitative estimate of drug-likeness (QED) is 0.430. The van der Waals surface area contributed by atoms with Crippen molar-refractivity contribution in [2.24, 2.45) is 4.99 Å². The Hall–Kier alpha value is -2.64. The maximum Gasteiger partial charge on any atom is 0.194 e. The van der Waals surface area contributed by atoms with E-state index in [2.05, 4.69) is 70.0 Å². The summed E-state index contributed by atoms with van der Waals surface area (Å²) in [6.07, 6.45) is 5.11. The van der Waals surface area contributed by atoms with Crippen molar-refractivity contribution in [3.05, 3.63) is 78.4 Å². The molecule has 4 aromatic rings. The highest BCUT2D eigenvalue weighted by atomic mass is 32.2. The van der Waals surface area contributed by atoms with Crippen molar-refractivity contribution in [1.82, 2.24) is 19.4 Å². The molecule has 5 nitrogen and oxygen atoms in total. The monoisotopic (exact) mass is 431 g/mol. The third-order valence-corrected chi connectivity index (χ3v) is 8.06. The lowest BCUT2D eigenvalue weighted by Gasteiger charge is -2.32. The van der Waals surface area contributed by atoms with Crippen LogP contribution >= 0.6 is 23.1 Å². The van der Waals surface area contributed by atoms with Gasteiger partial charge in [-0.2, -0.15) is 0 Å². The molecule has 30 heavy (non-hydrogen) atoms. The fourth-order valence-electron chi connectivity index (χ4n) is 4.44. The molecule has 3 atom stereocenters. The van der Waals surface area contributed by atoms with E-state index in [4.69, 9.17) is 9.98 Å². The van der Waals surface area contributed by atoms with E-state index in [9.17, 15) is 0 Å². The fourth-order valence-corrected chi connectivity index (χ4v) is 6.75. The average Bonchev–Trinajstić information content (AvgIpc) is 3.55. The number of aromatic nitrogens is 3. The van der Waals surface area contributed by atoms with E-state index in [0.717, 1.165) is 33.7 Å². The van der Waals surface area contributed by atoms with Gasteiger partial charge in [-0.05, 0) is 42.8 Å². The summed E-state index contributed by atoms with van der Waals surface area (Å²) in [5, 5.41) is 2.16. The number of thiazole rings is 1. The fraction of sp³-hybridized carbons (Fsp3) is 0.261. The number of benzene rings is 1. The molecule has 7 heteroatoms. The molecular weight excluding hydrogens is 410 g/mol. The van der Waals surface area contributed by atoms with Crippen molar-refractivity contribution in [3.8, 4) is 5.13 Å². The Balaban J connectivity index is 1.49. The number of amidine groups is 1. The molecule has 3 aromatic heterocycles. The van der Waals surface area contributed by atoms with Gasteiger partial charge in [-0.15, -0.1) is 0 Å². The number of fused-ring (bicyclic) bond motifs is 2. The normalized spacial score (nSPS) is 23.2. The number of hydrogen-bond acceptors (Lipinski definition) is 6. The minimum atomic E-state index is -0.00826. The lowest BCUT2D eigenvalue weighted by atomic mass is 9.99. The molecule has 0 aliphatic carbocycles. The molecule has 0 saturated carbocycles. The average molecular weight is 432 g/mol. The third kappa shape index (κ3) is 2.80. The zero-order valence-electron chi connectivity index (χ0n) is 16.5. The highest BCUT2D eigenvalue weighted by Crippen LogP contribution is 2.49. The predicted molar refractivity (Wildman–Crippen MR) is 124 cm³/mol. The minimum Gasteiger partial charge on any atom is -0.337 e. The zero-order chi connectivity index (χ0) is 20.1. The molecule has 2 aliphatic rings. The molecule has 1 saturated heterocycles. The second-order valence-electron chi connectivity index (χ2n) is 7.60. The van der Waals surface area contributed by atoms with Crippen LogP contribution in [0.2, 0.25) is 0 Å². The Bertz CT molecular complexity index is 1200. The summed E-state index contributed by atoms with van der Waals surface area (Å²) < 4.78 is 3.46. The molecule has 0 unspecified atom stereocenters. The van der Waals surface area contributed by atoms with Crippen LogP contribution in [0.3, 0.4) is 0 Å². The second-order valence-corrected chi connectivity index (χ2v) is 9.60. The molecule has 0 radical (unpaired) electrons. The third-order valence-electron chi connectivity index (χ3n) is 5.90. The van der Waals surface area contributed by atoms with Crippen LogP contribution in [-0.4, -0.2) is 36.4 Å². The van der Waals surface area contributed by atoms with Crippen molar-refractivity contribution in [3.63, 3.8) is 0 Å². The van der Waals surface area contributed by atoms with Crippen LogP contribution in [-0.2, 0) is 0 Å². The number of rotatable bonds is 4. The minimum absolute atomic E-state index is 0.00826. The molecule has 1 aromatic carbocycles. The smallest absolute Gasteiger partial charge is 0.194 e. The Morgan fingerprint density at radius 1 is 1.07 bits per heavy atom. The molecular formula is C23H21N5S2. The van der Waals surface area contributed by atoms with E-state index in [1.165, 1.54) is 10.4 Å². The molecule has 150 valence electrons. The summed E-state index contributed by atoms with van der Waals surface area (Å²) in [6, 6.07) is 19.4. The molecule has 6 rings (SSSR count). The van der Waals surface area contributed by atoms with Gasteiger partial charge in [0.05, 0.1) is 21.6 Å². The summed E-state index contributed by atoms with van der Waals surface area (Å²) in [7, 11) is 0. The molecule has 0 spiro atoms. The van der Waals surface area contributed by atoms with Crippen molar-refractivity contribution >= 4 is 38.5 Å². The first-order chi connectivity index (χ1) is 14.8. The largest absolute Gasteiger partial charge is 0.337 e. The maximum atomic E-state index is 5.15. The summed E-state index contributed by atoms with van der Waals surface area (Å²) in [6.45, 7) is 2.27. The molecule has 0 amide bonds. The van der Waals surface area contributed by atoms with Gasteiger partial charge in [-0.3, -0.25) is 14.5 Å². The SMILES string of the molecule is CC[C@H]1CSC2=N[C@H](c3ccccn3)[C@@H](c3cccn3-c3nc4ccccc4s3)N21. The first kappa shape index (κ1) is 18.2. The first-order valence-electron chi connectivity index (χ1n) is 10.3. The predicted octanol–water partition coefficient (Wildman–Crippen LogP) is 5.46. The van der Waals surface area contributed by atoms with Gasteiger partial charge in [0.15, 0.2) is 10.3 Å². The number of nitrogens with zero attached hydrogens (tertiary/aromatic N) is 5. The number of aliphatic imine (C=N–C) groups is 1. The molecule has 0 bridgehead atoms. The van der Waals surface area contributed by atoms with Crippen LogP contribution in [0, 0.1) is 0 Å². The Morgan fingerprint density at radius 2 is 1.97 bits per heavy atom. The lowest BCUT2D eigenvalue weighted by molar-refractivity contribution is 0.249. The van der Waals surface area contributed by atoms with Gasteiger partial charge in [0.2, 0.25) is 0 Å². The maximum absolute atomic E-state index is 5.15. The summed E-state index contributed by atoms with van der Waals surface area (Å²) in [4.78, 5) is 17.3. The molecule has 1 fully saturated rings. The summed E-state index contributed by atoms with van der Waals surface area (Å²) in [5.41, 5.74) is 3.30. The second kappa shape index (κ2) is 7.25. The van der Waals surface area contributed by atoms with E-state index < -0.39 is 0 Å². The van der Waals surface area contributed by atoms with Crippen molar-refractivity contribution in [2.45, 2.75) is 31.5 Å². The van der Waals surface area contributed by atoms with Crippen LogP contribution in [0.1, 0.15) is 36.8 Å². The number of thioether (sulfide) groups is 1. The van der Waals surface area contributed by atoms with Crippen molar-refractivity contribution < 1.29 is 0 Å². The molecule has 5 heterocycles. The summed E-state index contributed by atoms with van der Waals surface area (Å²) in [5.74, 6) is 1.10. The number of para-hydroxylation sites is 1. The van der Waals surface area contributed by atoms with Gasteiger partial charge >= 0.3 is 0 Å². The van der Waals surface area contributed by atoms with E-state index in [1.54, 1.807) is 11.3 Å². The summed E-state index contributed by atoms with van der Waals surface area (Å²) >= 11 is 3.61. The zero-order valence-corrected chi connectivity index (χ0v) is 18.2.